The maximum atomic E-state index is 10.8. The van der Waals surface area contributed by atoms with E-state index in [4.69, 9.17) is 22.4 Å². The van der Waals surface area contributed by atoms with Crippen LogP contribution in [0, 0.1) is 13.8 Å². The van der Waals surface area contributed by atoms with Crippen molar-refractivity contribution in [3.05, 3.63) is 21.7 Å². The number of hydrogen-bond acceptors (Lipinski definition) is 3. The number of aromatic hydroxyl groups is 1. The van der Waals surface area contributed by atoms with Gasteiger partial charge in [0.25, 0.3) is 0 Å². The Kier molecular flexibility index (Phi) is 2.57. The standard InChI is InChI=1S/C9H10ClNO3/c1-3-5(9(13)14)6(10)7(11)4(2)8(3)12/h12H,11H2,1-2H3,(H,13,14). The van der Waals surface area contributed by atoms with Crippen LogP contribution >= 0.6 is 11.6 Å². The molecule has 0 bridgehead atoms. The third-order valence-electron chi connectivity index (χ3n) is 2.16. The van der Waals surface area contributed by atoms with Gasteiger partial charge in [0.1, 0.15) is 5.75 Å². The zero-order chi connectivity index (χ0) is 11.0. The Labute approximate surface area is 85.9 Å². The molecule has 1 rings (SSSR count). The molecule has 0 aliphatic rings. The van der Waals surface area contributed by atoms with Gasteiger partial charge in [-0.05, 0) is 13.8 Å². The smallest absolute Gasteiger partial charge is 0.337 e. The molecule has 0 aromatic heterocycles. The van der Waals surface area contributed by atoms with E-state index in [0.29, 0.717) is 5.56 Å². The Hall–Kier alpha value is -1.42. The lowest BCUT2D eigenvalue weighted by Crippen LogP contribution is -2.05. The molecule has 0 radical (unpaired) electrons. The fraction of sp³-hybridized carbons (Fsp3) is 0.222. The summed E-state index contributed by atoms with van der Waals surface area (Å²) in [6.07, 6.45) is 0. The maximum Gasteiger partial charge on any atom is 0.337 e. The Morgan fingerprint density at radius 1 is 1.36 bits per heavy atom. The van der Waals surface area contributed by atoms with Gasteiger partial charge in [-0.25, -0.2) is 4.79 Å². The van der Waals surface area contributed by atoms with E-state index in [0.717, 1.165) is 0 Å². The summed E-state index contributed by atoms with van der Waals surface area (Å²) in [4.78, 5) is 10.8. The van der Waals surface area contributed by atoms with Crippen molar-refractivity contribution < 1.29 is 15.0 Å². The van der Waals surface area contributed by atoms with Gasteiger partial charge in [-0.1, -0.05) is 11.6 Å². The van der Waals surface area contributed by atoms with Crippen LogP contribution in [0.4, 0.5) is 5.69 Å². The molecule has 0 spiro atoms. The van der Waals surface area contributed by atoms with E-state index in [2.05, 4.69) is 0 Å². The third kappa shape index (κ3) is 1.37. The van der Waals surface area contributed by atoms with Crippen LogP contribution in [0.5, 0.6) is 5.75 Å². The zero-order valence-corrected chi connectivity index (χ0v) is 8.51. The fourth-order valence-electron chi connectivity index (χ4n) is 1.25. The minimum absolute atomic E-state index is 0.0229. The number of phenols is 1. The van der Waals surface area contributed by atoms with Crippen molar-refractivity contribution in [2.75, 3.05) is 5.73 Å². The number of nitrogens with two attached hydrogens (primary N) is 1. The van der Waals surface area contributed by atoms with Gasteiger partial charge in [0.15, 0.2) is 0 Å². The molecule has 0 amide bonds. The quantitative estimate of drug-likeness (QED) is 0.625. The van der Waals surface area contributed by atoms with E-state index in [1.807, 2.05) is 0 Å². The largest absolute Gasteiger partial charge is 0.507 e. The first-order chi connectivity index (χ1) is 6.37. The monoisotopic (exact) mass is 215 g/mol. The van der Waals surface area contributed by atoms with Crippen molar-refractivity contribution >= 4 is 23.3 Å². The molecular weight excluding hydrogens is 206 g/mol. The molecule has 0 saturated heterocycles. The first-order valence-electron chi connectivity index (χ1n) is 3.88. The summed E-state index contributed by atoms with van der Waals surface area (Å²) in [6.45, 7) is 3.06. The van der Waals surface area contributed by atoms with Crippen LogP contribution in [-0.4, -0.2) is 16.2 Å². The summed E-state index contributed by atoms with van der Waals surface area (Å²) < 4.78 is 0. The minimum atomic E-state index is -1.20. The van der Waals surface area contributed by atoms with Gasteiger partial charge < -0.3 is 15.9 Å². The normalized spacial score (nSPS) is 10.2. The summed E-state index contributed by atoms with van der Waals surface area (Å²) in [7, 11) is 0. The average Bonchev–Trinajstić information content (AvgIpc) is 2.11. The second-order valence-corrected chi connectivity index (χ2v) is 3.38. The van der Waals surface area contributed by atoms with Crippen LogP contribution in [0.1, 0.15) is 21.5 Å². The Morgan fingerprint density at radius 3 is 2.29 bits per heavy atom. The number of aromatic carboxylic acids is 1. The number of rotatable bonds is 1. The summed E-state index contributed by atoms with van der Waals surface area (Å²) in [5, 5.41) is 18.4. The second kappa shape index (κ2) is 3.38. The zero-order valence-electron chi connectivity index (χ0n) is 7.76. The maximum absolute atomic E-state index is 10.8. The molecule has 0 heterocycles. The number of anilines is 1. The van der Waals surface area contributed by atoms with Crippen molar-refractivity contribution in [2.24, 2.45) is 0 Å². The molecule has 0 unspecified atom stereocenters. The van der Waals surface area contributed by atoms with Gasteiger partial charge in [0.2, 0.25) is 0 Å². The molecule has 0 saturated carbocycles. The predicted molar refractivity (Wildman–Crippen MR) is 54.0 cm³/mol. The lowest BCUT2D eigenvalue weighted by molar-refractivity contribution is 0.0696. The number of nitrogen functional groups attached to an aromatic ring is 1. The Morgan fingerprint density at radius 2 is 1.86 bits per heavy atom. The molecule has 0 aliphatic heterocycles. The van der Waals surface area contributed by atoms with Crippen LogP contribution in [0.2, 0.25) is 5.02 Å². The van der Waals surface area contributed by atoms with Gasteiger partial charge in [-0.2, -0.15) is 0 Å². The number of benzene rings is 1. The highest BCUT2D eigenvalue weighted by atomic mass is 35.5. The fourth-order valence-corrected chi connectivity index (χ4v) is 1.61. The van der Waals surface area contributed by atoms with Crippen molar-refractivity contribution in [1.29, 1.82) is 0 Å². The van der Waals surface area contributed by atoms with Gasteiger partial charge in [-0.3, -0.25) is 0 Å². The Balaban J connectivity index is 3.68. The molecular formula is C9H10ClNO3. The molecule has 0 fully saturated rings. The lowest BCUT2D eigenvalue weighted by atomic mass is 10.0. The van der Waals surface area contributed by atoms with E-state index < -0.39 is 5.97 Å². The first-order valence-corrected chi connectivity index (χ1v) is 4.26. The van der Waals surface area contributed by atoms with Gasteiger partial charge in [-0.15, -0.1) is 0 Å². The molecule has 14 heavy (non-hydrogen) atoms. The topological polar surface area (TPSA) is 83.6 Å². The molecule has 4 nitrogen and oxygen atoms in total. The molecule has 0 aliphatic carbocycles. The van der Waals surface area contributed by atoms with E-state index in [1.54, 1.807) is 6.92 Å². The van der Waals surface area contributed by atoms with Crippen LogP contribution in [-0.2, 0) is 0 Å². The molecule has 4 N–H and O–H groups in total. The van der Waals surface area contributed by atoms with Crippen LogP contribution in [0.3, 0.4) is 0 Å². The molecule has 1 aromatic rings. The van der Waals surface area contributed by atoms with Gasteiger partial charge in [0, 0.05) is 11.1 Å². The summed E-state index contributed by atoms with van der Waals surface area (Å²) in [5.41, 5.74) is 6.12. The summed E-state index contributed by atoms with van der Waals surface area (Å²) in [5.74, 6) is -1.32. The second-order valence-electron chi connectivity index (χ2n) is 3.01. The first kappa shape index (κ1) is 10.7. The van der Waals surface area contributed by atoms with E-state index in [1.165, 1.54) is 6.92 Å². The highest BCUT2D eigenvalue weighted by Crippen LogP contribution is 2.37. The van der Waals surface area contributed by atoms with Gasteiger partial charge >= 0.3 is 5.97 Å². The lowest BCUT2D eigenvalue weighted by Gasteiger charge is -2.12. The molecule has 5 heteroatoms. The number of phenolic OH excluding ortho intramolecular Hbond substituents is 1. The molecule has 1 aromatic carbocycles. The van der Waals surface area contributed by atoms with Gasteiger partial charge in [0.05, 0.1) is 16.3 Å². The van der Waals surface area contributed by atoms with Crippen molar-refractivity contribution in [1.82, 2.24) is 0 Å². The number of carboxylic acids is 1. The Bertz CT molecular complexity index is 386. The molecule has 76 valence electrons. The average molecular weight is 216 g/mol. The highest BCUT2D eigenvalue weighted by Gasteiger charge is 2.20. The van der Waals surface area contributed by atoms with E-state index in [9.17, 15) is 9.90 Å². The summed E-state index contributed by atoms with van der Waals surface area (Å²) in [6, 6.07) is 0. The van der Waals surface area contributed by atoms with Crippen molar-refractivity contribution in [2.45, 2.75) is 13.8 Å². The van der Waals surface area contributed by atoms with Crippen LogP contribution in [0.25, 0.3) is 0 Å². The number of halogens is 1. The minimum Gasteiger partial charge on any atom is -0.507 e. The van der Waals surface area contributed by atoms with E-state index >= 15 is 0 Å². The predicted octanol–water partition coefficient (Wildman–Crippen LogP) is 1.94. The van der Waals surface area contributed by atoms with Crippen LogP contribution < -0.4 is 5.73 Å². The van der Waals surface area contributed by atoms with Crippen LogP contribution in [0.15, 0.2) is 0 Å². The highest BCUT2D eigenvalue weighted by molar-refractivity contribution is 6.36. The number of hydrogen-bond donors (Lipinski definition) is 3. The summed E-state index contributed by atoms with van der Waals surface area (Å²) >= 11 is 5.75. The SMILES string of the molecule is Cc1c(N)c(Cl)c(C(=O)O)c(C)c1O. The molecule has 0 atom stereocenters. The van der Waals surface area contributed by atoms with Crippen molar-refractivity contribution in [3.8, 4) is 5.75 Å². The number of carbonyl (C=O) groups is 1. The number of carboxylic acid groups (broad SMARTS) is 1. The van der Waals surface area contributed by atoms with Crippen molar-refractivity contribution in [3.63, 3.8) is 0 Å². The van der Waals surface area contributed by atoms with E-state index in [-0.39, 0.29) is 27.6 Å². The third-order valence-corrected chi connectivity index (χ3v) is 2.55.